The van der Waals surface area contributed by atoms with E-state index in [9.17, 15) is 0 Å². The predicted octanol–water partition coefficient (Wildman–Crippen LogP) is 1.31. The zero-order valence-corrected chi connectivity index (χ0v) is 6.27. The molecule has 0 spiro atoms. The standard InChI is InChI=1S/C6H8N2S/c1-5-3-6(2)8(4-9)7-5/h3-4H,1-2H3. The number of aryl methyl sites for hydroxylation is 2. The third-order valence-electron chi connectivity index (χ3n) is 1.14. The van der Waals surface area contributed by atoms with E-state index in [1.165, 1.54) is 5.49 Å². The maximum Gasteiger partial charge on any atom is 0.0916 e. The summed E-state index contributed by atoms with van der Waals surface area (Å²) in [5.41, 5.74) is 3.62. The van der Waals surface area contributed by atoms with Gasteiger partial charge in [0, 0.05) is 5.69 Å². The Hall–Kier alpha value is -0.700. The second kappa shape index (κ2) is 2.27. The number of rotatable bonds is 1. The Morgan fingerprint density at radius 2 is 2.33 bits per heavy atom. The highest BCUT2D eigenvalue weighted by molar-refractivity contribution is 7.78. The fraction of sp³-hybridized carbons (Fsp3) is 0.333. The fourth-order valence-corrected chi connectivity index (χ4v) is 0.966. The monoisotopic (exact) mass is 140 g/mol. The molecular formula is C6H8N2S. The molecule has 1 aromatic rings. The third-order valence-corrected chi connectivity index (χ3v) is 1.34. The summed E-state index contributed by atoms with van der Waals surface area (Å²) in [6, 6.07) is 1.99. The molecule has 0 aliphatic heterocycles. The minimum Gasteiger partial charge on any atom is -0.234 e. The second-order valence-electron chi connectivity index (χ2n) is 1.98. The Labute approximate surface area is 59.5 Å². The number of thiocarbonyl (C=S) groups is 1. The molecule has 0 aliphatic rings. The zero-order valence-electron chi connectivity index (χ0n) is 5.46. The highest BCUT2D eigenvalue weighted by atomic mass is 32.1. The largest absolute Gasteiger partial charge is 0.234 e. The molecule has 0 radical (unpaired) electrons. The Morgan fingerprint density at radius 1 is 1.67 bits per heavy atom. The third kappa shape index (κ3) is 1.16. The number of nitrogens with zero attached hydrogens (tertiary/aromatic N) is 2. The van der Waals surface area contributed by atoms with Crippen molar-refractivity contribution in [3.05, 3.63) is 17.5 Å². The van der Waals surface area contributed by atoms with Gasteiger partial charge in [-0.1, -0.05) is 12.2 Å². The van der Waals surface area contributed by atoms with E-state index in [2.05, 4.69) is 5.10 Å². The van der Waals surface area contributed by atoms with Gasteiger partial charge in [0.15, 0.2) is 0 Å². The van der Waals surface area contributed by atoms with Crippen LogP contribution in [0.4, 0.5) is 0 Å². The molecule has 0 N–H and O–H groups in total. The molecule has 1 aromatic heterocycles. The van der Waals surface area contributed by atoms with Gasteiger partial charge >= 0.3 is 0 Å². The van der Waals surface area contributed by atoms with E-state index in [-0.39, 0.29) is 0 Å². The first kappa shape index (κ1) is 6.42. The molecule has 0 unspecified atom stereocenters. The molecule has 0 fully saturated rings. The summed E-state index contributed by atoms with van der Waals surface area (Å²) in [7, 11) is 0. The van der Waals surface area contributed by atoms with Crippen LogP contribution in [0.2, 0.25) is 0 Å². The molecule has 0 aromatic carbocycles. The van der Waals surface area contributed by atoms with Gasteiger partial charge in [-0.15, -0.1) is 0 Å². The summed E-state index contributed by atoms with van der Waals surface area (Å²) in [6.45, 7) is 3.92. The minimum absolute atomic E-state index is 1.01. The summed E-state index contributed by atoms with van der Waals surface area (Å²) < 4.78 is 1.69. The van der Waals surface area contributed by atoms with Crippen molar-refractivity contribution in [1.82, 2.24) is 9.78 Å². The molecule has 0 amide bonds. The van der Waals surface area contributed by atoms with Crippen LogP contribution >= 0.6 is 12.2 Å². The molecule has 2 nitrogen and oxygen atoms in total. The van der Waals surface area contributed by atoms with Gasteiger partial charge in [0.25, 0.3) is 0 Å². The van der Waals surface area contributed by atoms with Gasteiger partial charge in [-0.3, -0.25) is 0 Å². The van der Waals surface area contributed by atoms with E-state index in [4.69, 9.17) is 12.2 Å². The number of aromatic nitrogens is 2. The van der Waals surface area contributed by atoms with E-state index in [1.807, 2.05) is 19.9 Å². The molecule has 3 heteroatoms. The highest BCUT2D eigenvalue weighted by Gasteiger charge is 1.94. The molecule has 1 heterocycles. The number of hydrogen-bond donors (Lipinski definition) is 0. The summed E-state index contributed by atoms with van der Waals surface area (Å²) in [6.07, 6.45) is 0. The maximum atomic E-state index is 4.69. The van der Waals surface area contributed by atoms with Crippen LogP contribution < -0.4 is 0 Å². The predicted molar refractivity (Wildman–Crippen MR) is 40.8 cm³/mol. The maximum absolute atomic E-state index is 4.69. The topological polar surface area (TPSA) is 17.8 Å². The van der Waals surface area contributed by atoms with Crippen LogP contribution in [0.3, 0.4) is 0 Å². The average Bonchev–Trinajstić information content (AvgIpc) is 2.10. The van der Waals surface area contributed by atoms with Crippen LogP contribution in [0.25, 0.3) is 0 Å². The molecule has 48 valence electrons. The van der Waals surface area contributed by atoms with Gasteiger partial charge in [-0.2, -0.15) is 5.10 Å². The molecule has 1 rings (SSSR count). The second-order valence-corrected chi connectivity index (χ2v) is 2.19. The Balaban J connectivity index is 3.15. The van der Waals surface area contributed by atoms with Crippen molar-refractivity contribution < 1.29 is 0 Å². The Kier molecular flexibility index (Phi) is 1.62. The highest BCUT2D eigenvalue weighted by Crippen LogP contribution is 1.97. The molecule has 0 saturated heterocycles. The van der Waals surface area contributed by atoms with Crippen LogP contribution in [0.1, 0.15) is 11.4 Å². The van der Waals surface area contributed by atoms with Crippen LogP contribution in [0.5, 0.6) is 0 Å². The quantitative estimate of drug-likeness (QED) is 0.547. The normalized spacial score (nSPS) is 9.56. The van der Waals surface area contributed by atoms with Crippen LogP contribution in [0, 0.1) is 13.8 Å². The van der Waals surface area contributed by atoms with Crippen LogP contribution in [-0.4, -0.2) is 15.3 Å². The van der Waals surface area contributed by atoms with Crippen molar-refractivity contribution in [1.29, 1.82) is 0 Å². The number of hydrogen-bond acceptors (Lipinski definition) is 2. The Morgan fingerprint density at radius 3 is 2.56 bits per heavy atom. The van der Waals surface area contributed by atoms with E-state index in [0.717, 1.165) is 11.4 Å². The molecule has 0 saturated carbocycles. The van der Waals surface area contributed by atoms with Gasteiger partial charge in [0.1, 0.15) is 0 Å². The lowest BCUT2D eigenvalue weighted by molar-refractivity contribution is 0.911. The zero-order chi connectivity index (χ0) is 6.85. The van der Waals surface area contributed by atoms with Gasteiger partial charge in [0.05, 0.1) is 11.2 Å². The lowest BCUT2D eigenvalue weighted by atomic mass is 10.4. The van der Waals surface area contributed by atoms with Gasteiger partial charge in [-0.05, 0) is 19.9 Å². The Bertz CT molecular complexity index is 227. The van der Waals surface area contributed by atoms with E-state index in [1.54, 1.807) is 4.68 Å². The molecule has 9 heavy (non-hydrogen) atoms. The smallest absolute Gasteiger partial charge is 0.0916 e. The van der Waals surface area contributed by atoms with Crippen molar-refractivity contribution >= 4 is 17.7 Å². The van der Waals surface area contributed by atoms with E-state index < -0.39 is 0 Å². The van der Waals surface area contributed by atoms with Crippen molar-refractivity contribution in [2.75, 3.05) is 0 Å². The summed E-state index contributed by atoms with van der Waals surface area (Å²) in [5.74, 6) is 0. The summed E-state index contributed by atoms with van der Waals surface area (Å²) in [5, 5.41) is 4.09. The van der Waals surface area contributed by atoms with Crippen molar-refractivity contribution in [2.45, 2.75) is 13.8 Å². The lowest BCUT2D eigenvalue weighted by Gasteiger charge is -1.88. The lowest BCUT2D eigenvalue weighted by Crippen LogP contribution is -1.96. The van der Waals surface area contributed by atoms with Gasteiger partial charge in [-0.25, -0.2) is 4.68 Å². The van der Waals surface area contributed by atoms with Gasteiger partial charge < -0.3 is 0 Å². The molecule has 0 aliphatic carbocycles. The summed E-state index contributed by atoms with van der Waals surface area (Å²) >= 11 is 4.69. The van der Waals surface area contributed by atoms with Crippen molar-refractivity contribution in [2.24, 2.45) is 0 Å². The minimum atomic E-state index is 1.01. The van der Waals surface area contributed by atoms with Crippen molar-refractivity contribution in [3.8, 4) is 0 Å². The SMILES string of the molecule is Cc1cc(C)n(C=S)n1. The van der Waals surface area contributed by atoms with Crippen LogP contribution in [0.15, 0.2) is 6.07 Å². The first-order valence-electron chi connectivity index (χ1n) is 2.72. The van der Waals surface area contributed by atoms with Crippen molar-refractivity contribution in [3.63, 3.8) is 0 Å². The first-order valence-corrected chi connectivity index (χ1v) is 3.19. The molecule has 0 atom stereocenters. The average molecular weight is 140 g/mol. The molecular weight excluding hydrogens is 132 g/mol. The first-order chi connectivity index (χ1) is 4.24. The van der Waals surface area contributed by atoms with E-state index >= 15 is 0 Å². The van der Waals surface area contributed by atoms with E-state index in [0.29, 0.717) is 0 Å². The fourth-order valence-electron chi connectivity index (χ4n) is 0.753. The summed E-state index contributed by atoms with van der Waals surface area (Å²) in [4.78, 5) is 0. The van der Waals surface area contributed by atoms with Gasteiger partial charge in [0.2, 0.25) is 0 Å². The molecule has 0 bridgehead atoms. The van der Waals surface area contributed by atoms with Crippen LogP contribution in [-0.2, 0) is 0 Å².